The van der Waals surface area contributed by atoms with Gasteiger partial charge in [0.1, 0.15) is 5.15 Å². The maximum Gasteiger partial charge on any atom is 0.326 e. The number of hydrogen-bond acceptors (Lipinski definition) is 3. The lowest BCUT2D eigenvalue weighted by Gasteiger charge is -2.27. The molecule has 2 aromatic heterocycles. The Balaban J connectivity index is 1.37. The Hall–Kier alpha value is -2.83. The summed E-state index contributed by atoms with van der Waals surface area (Å²) in [4.78, 5) is 19.8. The molecule has 1 N–H and O–H groups in total. The molecule has 4 aromatic rings. The number of benzene rings is 2. The minimum atomic E-state index is -0.132. The molecule has 2 aromatic carbocycles. The van der Waals surface area contributed by atoms with E-state index in [0.29, 0.717) is 21.7 Å². The zero-order valence-electron chi connectivity index (χ0n) is 19.8. The van der Waals surface area contributed by atoms with Crippen molar-refractivity contribution < 1.29 is 4.79 Å². The normalized spacial score (nSPS) is 13.9. The number of carbonyl (C=O) groups is 1. The van der Waals surface area contributed by atoms with E-state index in [0.717, 1.165) is 53.8 Å². The minimum absolute atomic E-state index is 0.132. The van der Waals surface area contributed by atoms with E-state index in [1.165, 1.54) is 11.1 Å². The summed E-state index contributed by atoms with van der Waals surface area (Å²) in [6.07, 6.45) is 6.64. The molecule has 8 heteroatoms. The number of fused-ring (bicyclic) bond motifs is 3. The molecule has 1 aliphatic rings. The average molecular weight is 540 g/mol. The first-order chi connectivity index (χ1) is 17.4. The molecule has 36 heavy (non-hydrogen) atoms. The second-order valence-electron chi connectivity index (χ2n) is 8.94. The highest BCUT2D eigenvalue weighted by Gasteiger charge is 2.27. The summed E-state index contributed by atoms with van der Waals surface area (Å²) in [5, 5.41) is 5.73. The van der Waals surface area contributed by atoms with Crippen LogP contribution in [-0.2, 0) is 19.5 Å². The lowest BCUT2D eigenvalue weighted by Crippen LogP contribution is -2.34. The maximum absolute atomic E-state index is 13.4. The second-order valence-corrected chi connectivity index (χ2v) is 10.1. The average Bonchev–Trinajstić information content (AvgIpc) is 3.20. The van der Waals surface area contributed by atoms with Gasteiger partial charge in [-0.05, 0) is 59.5 Å². The summed E-state index contributed by atoms with van der Waals surface area (Å²) in [6, 6.07) is 15.2. The fourth-order valence-corrected chi connectivity index (χ4v) is 5.31. The summed E-state index contributed by atoms with van der Waals surface area (Å²) in [6.45, 7) is 4.93. The molecule has 0 bridgehead atoms. The maximum atomic E-state index is 13.4. The number of rotatable bonds is 5. The largest absolute Gasteiger partial charge is 0.333 e. The topological polar surface area (TPSA) is 50.2 Å². The fourth-order valence-electron chi connectivity index (χ4n) is 4.81. The van der Waals surface area contributed by atoms with Crippen molar-refractivity contribution in [1.29, 1.82) is 0 Å². The van der Waals surface area contributed by atoms with Crippen LogP contribution in [0.5, 0.6) is 0 Å². The molecule has 0 radical (unpaired) electrons. The van der Waals surface area contributed by atoms with Gasteiger partial charge in [-0.25, -0.2) is 9.78 Å². The minimum Gasteiger partial charge on any atom is -0.333 e. The van der Waals surface area contributed by atoms with Crippen molar-refractivity contribution in [2.75, 3.05) is 13.1 Å². The van der Waals surface area contributed by atoms with Crippen LogP contribution >= 0.6 is 34.8 Å². The number of aryl methyl sites for hydroxylation is 1. The lowest BCUT2D eigenvalue weighted by molar-refractivity contribution is 0.240. The number of amides is 1. The highest BCUT2D eigenvalue weighted by molar-refractivity contribution is 6.42. The van der Waals surface area contributed by atoms with Crippen LogP contribution in [0.1, 0.15) is 27.9 Å². The van der Waals surface area contributed by atoms with Gasteiger partial charge in [-0.2, -0.15) is 0 Å². The molecular formula is C28H25Cl3N4O. The van der Waals surface area contributed by atoms with Gasteiger partial charge in [-0.3, -0.25) is 9.47 Å². The van der Waals surface area contributed by atoms with Gasteiger partial charge in [0.25, 0.3) is 0 Å². The van der Waals surface area contributed by atoms with E-state index < -0.39 is 0 Å². The second kappa shape index (κ2) is 10.7. The zero-order chi connectivity index (χ0) is 25.2. The Kier molecular flexibility index (Phi) is 7.35. The monoisotopic (exact) mass is 538 g/mol. The number of hydrogen-bond donors (Lipinski definition) is 1. The number of nitrogens with one attached hydrogen (secondary N) is 1. The van der Waals surface area contributed by atoms with Gasteiger partial charge >= 0.3 is 6.03 Å². The molecule has 1 amide bonds. The third kappa shape index (κ3) is 5.16. The van der Waals surface area contributed by atoms with Crippen LogP contribution in [0.3, 0.4) is 0 Å². The van der Waals surface area contributed by atoms with Gasteiger partial charge in [0.2, 0.25) is 0 Å². The molecule has 0 saturated heterocycles. The lowest BCUT2D eigenvalue weighted by atomic mass is 10.0. The predicted molar refractivity (Wildman–Crippen MR) is 148 cm³/mol. The van der Waals surface area contributed by atoms with Crippen molar-refractivity contribution in [3.63, 3.8) is 0 Å². The third-order valence-corrected chi connectivity index (χ3v) is 7.46. The van der Waals surface area contributed by atoms with Crippen molar-refractivity contribution in [3.8, 4) is 0 Å². The first kappa shape index (κ1) is 24.8. The van der Waals surface area contributed by atoms with E-state index in [1.54, 1.807) is 12.3 Å². The molecule has 5 rings (SSSR count). The van der Waals surface area contributed by atoms with Crippen LogP contribution in [0, 0.1) is 6.92 Å². The van der Waals surface area contributed by atoms with Crippen LogP contribution in [0.2, 0.25) is 15.2 Å². The molecule has 0 fully saturated rings. The highest BCUT2D eigenvalue weighted by atomic mass is 35.5. The van der Waals surface area contributed by atoms with E-state index in [4.69, 9.17) is 34.8 Å². The number of carbonyl (C=O) groups excluding carboxylic acids is 1. The van der Waals surface area contributed by atoms with Gasteiger partial charge in [-0.1, -0.05) is 65.2 Å². The molecule has 3 heterocycles. The fraction of sp³-hybridized carbons (Fsp3) is 0.214. The Labute approximate surface area is 225 Å². The summed E-state index contributed by atoms with van der Waals surface area (Å²) in [7, 11) is 0. The van der Waals surface area contributed by atoms with Crippen molar-refractivity contribution >= 4 is 57.8 Å². The highest BCUT2D eigenvalue weighted by Crippen LogP contribution is 2.33. The van der Waals surface area contributed by atoms with E-state index >= 15 is 0 Å². The molecule has 0 aliphatic carbocycles. The Morgan fingerprint density at radius 2 is 1.97 bits per heavy atom. The summed E-state index contributed by atoms with van der Waals surface area (Å²) in [5.41, 5.74) is 6.34. The van der Waals surface area contributed by atoms with E-state index in [2.05, 4.69) is 40.3 Å². The third-order valence-electron chi connectivity index (χ3n) is 6.51. The van der Waals surface area contributed by atoms with Crippen molar-refractivity contribution in [3.05, 3.63) is 104 Å². The van der Waals surface area contributed by atoms with Crippen LogP contribution in [0.4, 0.5) is 4.79 Å². The molecular weight excluding hydrogens is 515 g/mol. The van der Waals surface area contributed by atoms with E-state index in [-0.39, 0.29) is 6.03 Å². The molecule has 184 valence electrons. The molecule has 5 nitrogen and oxygen atoms in total. The van der Waals surface area contributed by atoms with Gasteiger partial charge in [0, 0.05) is 49.9 Å². The van der Waals surface area contributed by atoms with Gasteiger partial charge in [0.05, 0.1) is 15.6 Å². The molecule has 0 spiro atoms. The van der Waals surface area contributed by atoms with Crippen LogP contribution < -0.4 is 5.32 Å². The van der Waals surface area contributed by atoms with Crippen molar-refractivity contribution in [2.45, 2.75) is 26.4 Å². The van der Waals surface area contributed by atoms with Crippen molar-refractivity contribution in [1.82, 2.24) is 19.8 Å². The Morgan fingerprint density at radius 1 is 1.11 bits per heavy atom. The van der Waals surface area contributed by atoms with Gasteiger partial charge in [-0.15, -0.1) is 0 Å². The number of nitrogens with zero attached hydrogens (tertiary/aromatic N) is 3. The van der Waals surface area contributed by atoms with Gasteiger partial charge < -0.3 is 5.32 Å². The smallest absolute Gasteiger partial charge is 0.326 e. The Bertz CT molecular complexity index is 1480. The summed E-state index contributed by atoms with van der Waals surface area (Å²) < 4.78 is 1.85. The molecule has 1 aliphatic heterocycles. The van der Waals surface area contributed by atoms with E-state index in [1.807, 2.05) is 41.0 Å². The van der Waals surface area contributed by atoms with Crippen LogP contribution in [0.15, 0.2) is 60.8 Å². The predicted octanol–water partition coefficient (Wildman–Crippen LogP) is 7.13. The Morgan fingerprint density at radius 3 is 2.78 bits per heavy atom. The standard InChI is InChI=1S/C28H25Cl3N4O/c1-18-4-2-6-25-27(18)21-17-34(12-3-5-19-7-8-22(29)23(30)14-19)13-10-24(21)35(25)28(36)33-16-20-9-11-32-26(31)15-20/h2-9,11,14-15H,10,12-13,16-17H2,1H3,(H,33,36). The number of halogens is 3. The quantitative estimate of drug-likeness (QED) is 0.274. The summed E-state index contributed by atoms with van der Waals surface area (Å²) in [5.74, 6) is 0. The first-order valence-electron chi connectivity index (χ1n) is 11.7. The number of pyridine rings is 1. The van der Waals surface area contributed by atoms with Crippen LogP contribution in [0.25, 0.3) is 17.0 Å². The SMILES string of the molecule is Cc1cccc2c1c1c(n2C(=O)NCc2ccnc(Cl)c2)CCN(CC=Cc2ccc(Cl)c(Cl)c2)C1. The van der Waals surface area contributed by atoms with Gasteiger partial charge in [0.15, 0.2) is 0 Å². The zero-order valence-corrected chi connectivity index (χ0v) is 22.0. The van der Waals surface area contributed by atoms with Crippen LogP contribution in [-0.4, -0.2) is 33.6 Å². The van der Waals surface area contributed by atoms with E-state index in [9.17, 15) is 4.79 Å². The summed E-state index contributed by atoms with van der Waals surface area (Å²) >= 11 is 18.2. The molecule has 0 unspecified atom stereocenters. The number of aromatic nitrogens is 2. The molecule has 0 atom stereocenters. The first-order valence-corrected chi connectivity index (χ1v) is 12.9. The van der Waals surface area contributed by atoms with Crippen molar-refractivity contribution in [2.24, 2.45) is 0 Å². The molecule has 0 saturated carbocycles.